The number of nitrogens with one attached hydrogen (secondary N) is 1. The molecule has 3 aromatic rings. The number of hydrogen-bond donors (Lipinski definition) is 1. The van der Waals surface area contributed by atoms with E-state index in [9.17, 15) is 9.59 Å². The van der Waals surface area contributed by atoms with Gasteiger partial charge in [-0.15, -0.1) is 11.3 Å². The summed E-state index contributed by atoms with van der Waals surface area (Å²) in [6.45, 7) is 1.80. The highest BCUT2D eigenvalue weighted by Crippen LogP contribution is 2.38. The van der Waals surface area contributed by atoms with Crippen LogP contribution in [0.2, 0.25) is 10.0 Å². The minimum absolute atomic E-state index is 0.164. The summed E-state index contributed by atoms with van der Waals surface area (Å²) in [6, 6.07) is 13.7. The maximum absolute atomic E-state index is 13.4. The summed E-state index contributed by atoms with van der Waals surface area (Å²) in [6.07, 6.45) is 0. The molecule has 4 rings (SSSR count). The lowest BCUT2D eigenvalue weighted by molar-refractivity contribution is -0.120. The van der Waals surface area contributed by atoms with E-state index in [1.165, 1.54) is 23.3 Å². The van der Waals surface area contributed by atoms with E-state index in [0.717, 1.165) is 5.56 Å². The van der Waals surface area contributed by atoms with Crippen LogP contribution >= 0.6 is 34.5 Å². The first-order valence-corrected chi connectivity index (χ1v) is 10.6. The normalized spacial score (nSPS) is 13.9. The number of anilines is 2. The Hall–Kier alpha value is -2.80. The summed E-state index contributed by atoms with van der Waals surface area (Å²) in [5.41, 5.74) is 2.16. The van der Waals surface area contributed by atoms with Gasteiger partial charge in [-0.05, 0) is 60.3 Å². The van der Waals surface area contributed by atoms with Gasteiger partial charge in [0.15, 0.2) is 0 Å². The maximum Gasteiger partial charge on any atom is 0.282 e. The molecule has 0 saturated heterocycles. The molecule has 30 heavy (non-hydrogen) atoms. The fourth-order valence-electron chi connectivity index (χ4n) is 3.30. The lowest BCUT2D eigenvalue weighted by atomic mass is 10.1. The van der Waals surface area contributed by atoms with Crippen molar-refractivity contribution >= 4 is 63.3 Å². The molecule has 0 atom stereocenters. The Morgan fingerprint density at radius 3 is 2.40 bits per heavy atom. The van der Waals surface area contributed by atoms with Crippen LogP contribution in [0.25, 0.3) is 5.57 Å². The quantitative estimate of drug-likeness (QED) is 0.493. The standard InChI is InChI=1S/C22H16Cl2N2O3S/c1-12-10-13(23)5-7-16(12)26-21(27)19(18-4-3-9-30-18)20(22(26)28)25-15-11-14(24)6-8-17(15)29-2/h3-11,25H,1-2H3. The van der Waals surface area contributed by atoms with Crippen molar-refractivity contribution in [2.24, 2.45) is 0 Å². The molecule has 1 N–H and O–H groups in total. The lowest BCUT2D eigenvalue weighted by Crippen LogP contribution is -2.33. The van der Waals surface area contributed by atoms with Crippen molar-refractivity contribution in [2.75, 3.05) is 17.3 Å². The third kappa shape index (κ3) is 3.58. The van der Waals surface area contributed by atoms with Crippen LogP contribution in [0.1, 0.15) is 10.4 Å². The van der Waals surface area contributed by atoms with Gasteiger partial charge in [0.25, 0.3) is 11.8 Å². The first-order valence-electron chi connectivity index (χ1n) is 8.94. The third-order valence-electron chi connectivity index (χ3n) is 4.67. The van der Waals surface area contributed by atoms with Crippen LogP contribution in [0.15, 0.2) is 59.6 Å². The molecule has 152 valence electrons. The first kappa shape index (κ1) is 20.5. The van der Waals surface area contributed by atoms with E-state index >= 15 is 0 Å². The number of halogens is 2. The second-order valence-electron chi connectivity index (χ2n) is 6.57. The van der Waals surface area contributed by atoms with Gasteiger partial charge in [0.1, 0.15) is 11.4 Å². The average Bonchev–Trinajstić information content (AvgIpc) is 3.30. The maximum atomic E-state index is 13.4. The van der Waals surface area contributed by atoms with E-state index in [2.05, 4.69) is 5.32 Å². The van der Waals surface area contributed by atoms with Crippen LogP contribution in [-0.2, 0) is 9.59 Å². The topological polar surface area (TPSA) is 58.6 Å². The molecule has 1 aliphatic rings. The van der Waals surface area contributed by atoms with Crippen LogP contribution in [0.3, 0.4) is 0 Å². The fourth-order valence-corrected chi connectivity index (χ4v) is 4.46. The zero-order valence-corrected chi connectivity index (χ0v) is 18.4. The van der Waals surface area contributed by atoms with Gasteiger partial charge >= 0.3 is 0 Å². The van der Waals surface area contributed by atoms with Gasteiger partial charge in [0, 0.05) is 14.9 Å². The van der Waals surface area contributed by atoms with Crippen molar-refractivity contribution in [1.29, 1.82) is 0 Å². The molecule has 1 aromatic heterocycles. The number of aryl methyl sites for hydroxylation is 1. The number of imide groups is 1. The van der Waals surface area contributed by atoms with Gasteiger partial charge < -0.3 is 10.1 Å². The molecule has 1 aliphatic heterocycles. The van der Waals surface area contributed by atoms with Crippen LogP contribution in [0.5, 0.6) is 5.75 Å². The minimum Gasteiger partial charge on any atom is -0.495 e. The molecular formula is C22H16Cl2N2O3S. The number of amides is 2. The van der Waals surface area contributed by atoms with Crippen molar-refractivity contribution in [2.45, 2.75) is 6.92 Å². The number of ether oxygens (including phenoxy) is 1. The molecule has 2 amide bonds. The SMILES string of the molecule is COc1ccc(Cl)cc1NC1=C(c2cccs2)C(=O)N(c2ccc(Cl)cc2C)C1=O. The number of carbonyl (C=O) groups is 2. The number of rotatable bonds is 5. The Morgan fingerprint density at radius 1 is 1.00 bits per heavy atom. The molecule has 0 spiro atoms. The second-order valence-corrected chi connectivity index (χ2v) is 8.39. The van der Waals surface area contributed by atoms with Crippen LogP contribution in [0.4, 0.5) is 11.4 Å². The zero-order chi connectivity index (χ0) is 21.4. The highest BCUT2D eigenvalue weighted by Gasteiger charge is 2.41. The number of thiophene rings is 1. The second kappa shape index (κ2) is 8.14. The summed E-state index contributed by atoms with van der Waals surface area (Å²) >= 11 is 13.6. The van der Waals surface area contributed by atoms with E-state index in [0.29, 0.717) is 37.6 Å². The van der Waals surface area contributed by atoms with Crippen LogP contribution in [0, 0.1) is 6.92 Å². The van der Waals surface area contributed by atoms with E-state index in [1.807, 2.05) is 11.4 Å². The Morgan fingerprint density at radius 2 is 1.73 bits per heavy atom. The van der Waals surface area contributed by atoms with Crippen molar-refractivity contribution in [1.82, 2.24) is 0 Å². The smallest absolute Gasteiger partial charge is 0.282 e. The Bertz CT molecular complexity index is 1190. The van der Waals surface area contributed by atoms with E-state index in [4.69, 9.17) is 27.9 Å². The predicted octanol–water partition coefficient (Wildman–Crippen LogP) is 5.77. The summed E-state index contributed by atoms with van der Waals surface area (Å²) in [5, 5.41) is 5.95. The Balaban J connectivity index is 1.84. The highest BCUT2D eigenvalue weighted by molar-refractivity contribution is 7.11. The van der Waals surface area contributed by atoms with E-state index < -0.39 is 11.8 Å². The van der Waals surface area contributed by atoms with Gasteiger partial charge in [-0.1, -0.05) is 29.3 Å². The van der Waals surface area contributed by atoms with Gasteiger partial charge in [-0.2, -0.15) is 0 Å². The molecule has 0 fully saturated rings. The Labute approximate surface area is 187 Å². The summed E-state index contributed by atoms with van der Waals surface area (Å²) in [4.78, 5) is 28.7. The molecule has 0 aliphatic carbocycles. The zero-order valence-electron chi connectivity index (χ0n) is 16.0. The van der Waals surface area contributed by atoms with Crippen molar-refractivity contribution < 1.29 is 14.3 Å². The molecule has 8 heteroatoms. The predicted molar refractivity (Wildman–Crippen MR) is 122 cm³/mol. The monoisotopic (exact) mass is 458 g/mol. The largest absolute Gasteiger partial charge is 0.495 e. The lowest BCUT2D eigenvalue weighted by Gasteiger charge is -2.18. The van der Waals surface area contributed by atoms with Gasteiger partial charge in [0.2, 0.25) is 0 Å². The summed E-state index contributed by atoms with van der Waals surface area (Å²) in [5.74, 6) is -0.369. The van der Waals surface area contributed by atoms with E-state index in [-0.39, 0.29) is 5.70 Å². The molecule has 2 heterocycles. The number of carbonyl (C=O) groups excluding carboxylic acids is 2. The average molecular weight is 459 g/mol. The number of nitrogens with zero attached hydrogens (tertiary/aromatic N) is 1. The molecule has 0 bridgehead atoms. The van der Waals surface area contributed by atoms with Crippen molar-refractivity contribution in [3.05, 3.63) is 80.1 Å². The highest BCUT2D eigenvalue weighted by atomic mass is 35.5. The molecule has 0 radical (unpaired) electrons. The van der Waals surface area contributed by atoms with Crippen molar-refractivity contribution in [3.63, 3.8) is 0 Å². The summed E-state index contributed by atoms with van der Waals surface area (Å²) < 4.78 is 5.38. The van der Waals surface area contributed by atoms with Gasteiger partial charge in [-0.3, -0.25) is 9.59 Å². The minimum atomic E-state index is -0.462. The van der Waals surface area contributed by atoms with Gasteiger partial charge in [-0.25, -0.2) is 4.90 Å². The first-order chi connectivity index (χ1) is 14.4. The van der Waals surface area contributed by atoms with Crippen LogP contribution in [-0.4, -0.2) is 18.9 Å². The third-order valence-corrected chi connectivity index (χ3v) is 6.03. The fraction of sp³-hybridized carbons (Fsp3) is 0.0909. The number of benzene rings is 2. The van der Waals surface area contributed by atoms with Gasteiger partial charge in [0.05, 0.1) is 24.1 Å². The summed E-state index contributed by atoms with van der Waals surface area (Å²) in [7, 11) is 1.52. The van der Waals surface area contributed by atoms with Crippen molar-refractivity contribution in [3.8, 4) is 5.75 Å². The molecule has 5 nitrogen and oxygen atoms in total. The number of methoxy groups -OCH3 is 1. The Kier molecular flexibility index (Phi) is 5.56. The molecule has 0 saturated carbocycles. The molecular weight excluding hydrogens is 443 g/mol. The number of hydrogen-bond acceptors (Lipinski definition) is 5. The van der Waals surface area contributed by atoms with Crippen LogP contribution < -0.4 is 15.0 Å². The molecule has 2 aromatic carbocycles. The molecule has 0 unspecified atom stereocenters. The van der Waals surface area contributed by atoms with E-state index in [1.54, 1.807) is 49.4 Å².